The lowest BCUT2D eigenvalue weighted by atomic mass is 10.0. The van der Waals surface area contributed by atoms with Gasteiger partial charge in [0.15, 0.2) is 0 Å². The first-order chi connectivity index (χ1) is 13.4. The molecule has 146 valence electrons. The number of para-hydroxylation sites is 1. The Bertz CT molecular complexity index is 1040. The number of nitrogens with zero attached hydrogens (tertiary/aromatic N) is 1. The molecule has 28 heavy (non-hydrogen) atoms. The Morgan fingerprint density at radius 2 is 1.75 bits per heavy atom. The molecule has 5 heteroatoms. The smallest absolute Gasteiger partial charge is 0.336 e. The zero-order valence-corrected chi connectivity index (χ0v) is 17.5. The molecule has 1 heterocycles. The number of hydrogen-bond donors (Lipinski definition) is 0. The van der Waals surface area contributed by atoms with Crippen LogP contribution < -0.4 is 10.5 Å². The highest BCUT2D eigenvalue weighted by Crippen LogP contribution is 2.25. The number of anilines is 1. The minimum Gasteiger partial charge on any atom is -0.423 e. The van der Waals surface area contributed by atoms with Crippen molar-refractivity contribution in [3.8, 4) is 0 Å². The summed E-state index contributed by atoms with van der Waals surface area (Å²) in [5, 5.41) is 0.937. The number of amides is 1. The van der Waals surface area contributed by atoms with E-state index in [0.29, 0.717) is 17.1 Å². The Labute approximate surface area is 169 Å². The molecule has 0 unspecified atom stereocenters. The van der Waals surface area contributed by atoms with Gasteiger partial charge in [-0.3, -0.25) is 4.79 Å². The highest BCUT2D eigenvalue weighted by Gasteiger charge is 2.19. The van der Waals surface area contributed by atoms with E-state index in [1.807, 2.05) is 69.0 Å². The molecule has 4 nitrogen and oxygen atoms in total. The molecule has 1 amide bonds. The van der Waals surface area contributed by atoms with Crippen LogP contribution in [0.25, 0.3) is 11.0 Å². The number of carbonyl (C=O) groups excluding carboxylic acids is 1. The first kappa shape index (κ1) is 20.2. The normalized spacial score (nSPS) is 11.2. The number of aryl methyl sites for hydroxylation is 2. The summed E-state index contributed by atoms with van der Waals surface area (Å²) >= 11 is 1.52. The summed E-state index contributed by atoms with van der Waals surface area (Å²) in [6, 6.07) is 15.3. The highest BCUT2D eigenvalue weighted by molar-refractivity contribution is 7.99. The standard InChI is InChI=1S/C23H25NO3S/c1-15(2)24(19-8-6-5-7-9-19)22(25)14-28-13-18-12-23(26)27-21-11-17(4)16(3)10-20(18)21/h5-12,15H,13-14H2,1-4H3. The van der Waals surface area contributed by atoms with E-state index in [4.69, 9.17) is 4.42 Å². The van der Waals surface area contributed by atoms with Crippen molar-refractivity contribution < 1.29 is 9.21 Å². The van der Waals surface area contributed by atoms with E-state index in [1.54, 1.807) is 0 Å². The fourth-order valence-electron chi connectivity index (χ4n) is 3.24. The van der Waals surface area contributed by atoms with Crippen molar-refractivity contribution in [2.45, 2.75) is 39.5 Å². The van der Waals surface area contributed by atoms with Gasteiger partial charge in [0.2, 0.25) is 5.91 Å². The van der Waals surface area contributed by atoms with E-state index in [9.17, 15) is 9.59 Å². The van der Waals surface area contributed by atoms with E-state index < -0.39 is 0 Å². The van der Waals surface area contributed by atoms with Crippen molar-refractivity contribution in [3.63, 3.8) is 0 Å². The van der Waals surface area contributed by atoms with Crippen LogP contribution in [0.5, 0.6) is 0 Å². The van der Waals surface area contributed by atoms with Gasteiger partial charge in [0.1, 0.15) is 5.58 Å². The third-order valence-electron chi connectivity index (χ3n) is 4.75. The average Bonchev–Trinajstić information content (AvgIpc) is 2.64. The molecule has 0 saturated heterocycles. The number of thioether (sulfide) groups is 1. The van der Waals surface area contributed by atoms with Crippen LogP contribution in [0.2, 0.25) is 0 Å². The van der Waals surface area contributed by atoms with Crippen molar-refractivity contribution in [1.29, 1.82) is 0 Å². The quantitative estimate of drug-likeness (QED) is 0.546. The van der Waals surface area contributed by atoms with Gasteiger partial charge in [0.05, 0.1) is 5.75 Å². The highest BCUT2D eigenvalue weighted by atomic mass is 32.2. The first-order valence-electron chi connectivity index (χ1n) is 9.35. The fraction of sp³-hybridized carbons (Fsp3) is 0.304. The van der Waals surface area contributed by atoms with Crippen molar-refractivity contribution >= 4 is 34.3 Å². The number of fused-ring (bicyclic) bond motifs is 1. The predicted octanol–water partition coefficient (Wildman–Crippen LogP) is 5.08. The van der Waals surface area contributed by atoms with E-state index in [2.05, 4.69) is 6.07 Å². The predicted molar refractivity (Wildman–Crippen MR) is 117 cm³/mol. The van der Waals surface area contributed by atoms with Crippen LogP contribution in [0.1, 0.15) is 30.5 Å². The van der Waals surface area contributed by atoms with Gasteiger partial charge in [-0.15, -0.1) is 11.8 Å². The number of benzene rings is 2. The zero-order valence-electron chi connectivity index (χ0n) is 16.7. The largest absolute Gasteiger partial charge is 0.423 e. The first-order valence-corrected chi connectivity index (χ1v) is 10.5. The minimum atomic E-state index is -0.356. The summed E-state index contributed by atoms with van der Waals surface area (Å²) in [6.45, 7) is 8.06. The second-order valence-corrected chi connectivity index (χ2v) is 8.19. The molecule has 0 bridgehead atoms. The Balaban J connectivity index is 1.76. The summed E-state index contributed by atoms with van der Waals surface area (Å²) in [6.07, 6.45) is 0. The minimum absolute atomic E-state index is 0.0606. The lowest BCUT2D eigenvalue weighted by Gasteiger charge is -2.26. The van der Waals surface area contributed by atoms with Crippen LogP contribution in [-0.2, 0) is 10.5 Å². The zero-order chi connectivity index (χ0) is 20.3. The summed E-state index contributed by atoms with van der Waals surface area (Å²) in [7, 11) is 0. The molecule has 3 aromatic rings. The number of carbonyl (C=O) groups is 1. The van der Waals surface area contributed by atoms with Crippen LogP contribution in [0.15, 0.2) is 57.7 Å². The Hall–Kier alpha value is -2.53. The van der Waals surface area contributed by atoms with Crippen molar-refractivity contribution in [1.82, 2.24) is 0 Å². The van der Waals surface area contributed by atoms with Crippen molar-refractivity contribution in [2.75, 3.05) is 10.7 Å². The topological polar surface area (TPSA) is 50.5 Å². The summed E-state index contributed by atoms with van der Waals surface area (Å²) in [5.74, 6) is 0.988. The SMILES string of the molecule is Cc1cc2oc(=O)cc(CSCC(=O)N(c3ccccc3)C(C)C)c2cc1C. The molecule has 0 atom stereocenters. The van der Waals surface area contributed by atoms with E-state index in [0.717, 1.165) is 27.8 Å². The monoisotopic (exact) mass is 395 g/mol. The number of rotatable bonds is 6. The molecule has 0 spiro atoms. The van der Waals surface area contributed by atoms with Gasteiger partial charge in [0.25, 0.3) is 0 Å². The molecule has 0 aliphatic rings. The van der Waals surface area contributed by atoms with Crippen LogP contribution >= 0.6 is 11.8 Å². The van der Waals surface area contributed by atoms with E-state index in [1.165, 1.54) is 17.8 Å². The Kier molecular flexibility index (Phi) is 6.25. The van der Waals surface area contributed by atoms with Gasteiger partial charge in [-0.1, -0.05) is 18.2 Å². The van der Waals surface area contributed by atoms with Gasteiger partial charge in [-0.25, -0.2) is 4.79 Å². The van der Waals surface area contributed by atoms with Crippen LogP contribution in [0.4, 0.5) is 5.69 Å². The molecule has 2 aromatic carbocycles. The van der Waals surface area contributed by atoms with Gasteiger partial charge in [-0.05, 0) is 68.7 Å². The number of hydrogen-bond acceptors (Lipinski definition) is 4. The van der Waals surface area contributed by atoms with E-state index >= 15 is 0 Å². The maximum atomic E-state index is 12.8. The lowest BCUT2D eigenvalue weighted by Crippen LogP contribution is -2.38. The molecular formula is C23H25NO3S. The third kappa shape index (κ3) is 4.47. The molecule has 1 aromatic heterocycles. The lowest BCUT2D eigenvalue weighted by molar-refractivity contribution is -0.116. The van der Waals surface area contributed by atoms with Crippen molar-refractivity contribution in [2.24, 2.45) is 0 Å². The maximum Gasteiger partial charge on any atom is 0.336 e. The molecule has 3 rings (SSSR count). The van der Waals surface area contributed by atoms with Crippen LogP contribution in [0.3, 0.4) is 0 Å². The Morgan fingerprint density at radius 3 is 2.43 bits per heavy atom. The second-order valence-electron chi connectivity index (χ2n) is 7.21. The van der Waals surface area contributed by atoms with E-state index in [-0.39, 0.29) is 17.6 Å². The summed E-state index contributed by atoms with van der Waals surface area (Å²) in [5.41, 5.74) is 4.30. The third-order valence-corrected chi connectivity index (χ3v) is 5.71. The second kappa shape index (κ2) is 8.65. The average molecular weight is 396 g/mol. The van der Waals surface area contributed by atoms with Crippen LogP contribution in [0, 0.1) is 13.8 Å². The molecule has 0 aliphatic carbocycles. The molecule has 0 aliphatic heterocycles. The van der Waals surface area contributed by atoms with Gasteiger partial charge < -0.3 is 9.32 Å². The Morgan fingerprint density at radius 1 is 1.07 bits per heavy atom. The van der Waals surface area contributed by atoms with Crippen LogP contribution in [-0.4, -0.2) is 17.7 Å². The van der Waals surface area contributed by atoms with Gasteiger partial charge >= 0.3 is 5.63 Å². The molecule has 0 fully saturated rings. The van der Waals surface area contributed by atoms with Crippen molar-refractivity contribution in [3.05, 3.63) is 75.6 Å². The maximum absolute atomic E-state index is 12.8. The fourth-order valence-corrected chi connectivity index (χ4v) is 4.11. The molecule has 0 saturated carbocycles. The molecule has 0 N–H and O–H groups in total. The summed E-state index contributed by atoms with van der Waals surface area (Å²) in [4.78, 5) is 26.6. The summed E-state index contributed by atoms with van der Waals surface area (Å²) < 4.78 is 5.35. The molecule has 0 radical (unpaired) electrons. The molecular weight excluding hydrogens is 370 g/mol. The van der Waals surface area contributed by atoms with Gasteiger partial charge in [0, 0.05) is 28.9 Å². The van der Waals surface area contributed by atoms with Gasteiger partial charge in [-0.2, -0.15) is 0 Å².